The van der Waals surface area contributed by atoms with Gasteiger partial charge in [-0.1, -0.05) is 0 Å². The molecule has 0 saturated carbocycles. The average Bonchev–Trinajstić information content (AvgIpc) is 3.06. The maximum absolute atomic E-state index is 10.9. The molecule has 2 aliphatic heterocycles. The van der Waals surface area contributed by atoms with Crippen molar-refractivity contribution < 1.29 is 9.66 Å². The van der Waals surface area contributed by atoms with E-state index in [4.69, 9.17) is 4.74 Å². The van der Waals surface area contributed by atoms with Crippen molar-refractivity contribution in [3.63, 3.8) is 0 Å². The van der Waals surface area contributed by atoms with Gasteiger partial charge in [-0.3, -0.25) is 24.6 Å². The SMILES string of the molecule is O=[N+]([O-])c1ccc2c(cnn2CN2CCC(CN3CCOCC3)CC2)c1. The van der Waals surface area contributed by atoms with Crippen LogP contribution in [0, 0.1) is 16.0 Å². The molecule has 0 aliphatic carbocycles. The van der Waals surface area contributed by atoms with Gasteiger partial charge in [0.2, 0.25) is 0 Å². The molecule has 0 spiro atoms. The summed E-state index contributed by atoms with van der Waals surface area (Å²) in [5.41, 5.74) is 1.06. The number of benzene rings is 1. The smallest absolute Gasteiger partial charge is 0.270 e. The molecule has 2 aliphatic rings. The summed E-state index contributed by atoms with van der Waals surface area (Å²) in [6.45, 7) is 7.92. The third-order valence-electron chi connectivity index (χ3n) is 5.50. The Labute approximate surface area is 152 Å². The third-order valence-corrected chi connectivity index (χ3v) is 5.50. The largest absolute Gasteiger partial charge is 0.379 e. The van der Waals surface area contributed by atoms with Crippen molar-refractivity contribution in [3.8, 4) is 0 Å². The standard InChI is InChI=1S/C18H25N5O3/c24-23(25)17-1-2-18-16(11-17)12-19-22(18)14-21-5-3-15(4-6-21)13-20-7-9-26-10-8-20/h1-2,11-12,15H,3-10,13-14H2. The van der Waals surface area contributed by atoms with E-state index < -0.39 is 0 Å². The number of aromatic nitrogens is 2. The number of rotatable bonds is 5. The summed E-state index contributed by atoms with van der Waals surface area (Å²) in [6.07, 6.45) is 4.14. The first kappa shape index (κ1) is 17.4. The molecule has 2 saturated heterocycles. The first-order chi connectivity index (χ1) is 12.7. The average molecular weight is 359 g/mol. The van der Waals surface area contributed by atoms with Gasteiger partial charge in [-0.05, 0) is 24.8 Å². The second-order valence-corrected chi connectivity index (χ2v) is 7.26. The van der Waals surface area contributed by atoms with Crippen LogP contribution in [0.3, 0.4) is 0 Å². The van der Waals surface area contributed by atoms with Gasteiger partial charge in [0.05, 0.1) is 36.5 Å². The monoisotopic (exact) mass is 359 g/mol. The molecule has 2 aromatic rings. The van der Waals surface area contributed by atoms with Gasteiger partial charge in [0.15, 0.2) is 0 Å². The van der Waals surface area contributed by atoms with Crippen LogP contribution in [-0.4, -0.2) is 70.4 Å². The predicted octanol–water partition coefficient (Wildman–Crippen LogP) is 1.95. The minimum Gasteiger partial charge on any atom is -0.379 e. The number of hydrogen-bond donors (Lipinski definition) is 0. The lowest BCUT2D eigenvalue weighted by Crippen LogP contribution is -2.43. The Morgan fingerprint density at radius 1 is 1.15 bits per heavy atom. The number of nitro benzene ring substituents is 1. The van der Waals surface area contributed by atoms with Gasteiger partial charge < -0.3 is 4.74 Å². The lowest BCUT2D eigenvalue weighted by Gasteiger charge is -2.36. The molecule has 140 valence electrons. The Bertz CT molecular complexity index is 763. The molecule has 3 heterocycles. The van der Waals surface area contributed by atoms with E-state index in [1.807, 2.05) is 4.68 Å². The highest BCUT2D eigenvalue weighted by Gasteiger charge is 2.23. The Kier molecular flexibility index (Phi) is 5.14. The van der Waals surface area contributed by atoms with Crippen LogP contribution in [0.2, 0.25) is 0 Å². The molecule has 2 fully saturated rings. The fourth-order valence-electron chi connectivity index (χ4n) is 3.95. The summed E-state index contributed by atoms with van der Waals surface area (Å²) in [6, 6.07) is 4.94. The molecule has 0 radical (unpaired) electrons. The van der Waals surface area contributed by atoms with Crippen molar-refractivity contribution in [2.24, 2.45) is 5.92 Å². The molecule has 4 rings (SSSR count). The van der Waals surface area contributed by atoms with E-state index in [9.17, 15) is 10.1 Å². The zero-order valence-corrected chi connectivity index (χ0v) is 14.9. The van der Waals surface area contributed by atoms with Crippen LogP contribution in [0.25, 0.3) is 10.9 Å². The van der Waals surface area contributed by atoms with Gasteiger partial charge >= 0.3 is 0 Å². The highest BCUT2D eigenvalue weighted by atomic mass is 16.6. The van der Waals surface area contributed by atoms with E-state index in [0.717, 1.165) is 62.9 Å². The number of piperidine rings is 1. The fraction of sp³-hybridized carbons (Fsp3) is 0.611. The minimum atomic E-state index is -0.365. The summed E-state index contributed by atoms with van der Waals surface area (Å²) in [5, 5.41) is 16.2. The number of hydrogen-bond acceptors (Lipinski definition) is 6. The maximum Gasteiger partial charge on any atom is 0.270 e. The van der Waals surface area contributed by atoms with Gasteiger partial charge in [-0.25, -0.2) is 0 Å². The van der Waals surface area contributed by atoms with Crippen molar-refractivity contribution in [3.05, 3.63) is 34.5 Å². The zero-order chi connectivity index (χ0) is 17.9. The molecule has 26 heavy (non-hydrogen) atoms. The van der Waals surface area contributed by atoms with Crippen molar-refractivity contribution in [1.29, 1.82) is 0 Å². The Morgan fingerprint density at radius 2 is 1.92 bits per heavy atom. The molecule has 8 nitrogen and oxygen atoms in total. The normalized spacial score (nSPS) is 20.6. The van der Waals surface area contributed by atoms with Crippen LogP contribution in [0.5, 0.6) is 0 Å². The summed E-state index contributed by atoms with van der Waals surface area (Å²) in [7, 11) is 0. The Balaban J connectivity index is 1.32. The molecule has 0 unspecified atom stereocenters. The van der Waals surface area contributed by atoms with E-state index in [1.165, 1.54) is 19.4 Å². The number of non-ortho nitro benzene ring substituents is 1. The highest BCUT2D eigenvalue weighted by molar-refractivity contribution is 5.81. The lowest BCUT2D eigenvalue weighted by molar-refractivity contribution is -0.384. The number of nitro groups is 1. The van der Waals surface area contributed by atoms with Gasteiger partial charge in [0.1, 0.15) is 0 Å². The second-order valence-electron chi connectivity index (χ2n) is 7.26. The molecular formula is C18H25N5O3. The maximum atomic E-state index is 10.9. The van der Waals surface area contributed by atoms with E-state index in [2.05, 4.69) is 14.9 Å². The van der Waals surface area contributed by atoms with Crippen LogP contribution < -0.4 is 0 Å². The van der Waals surface area contributed by atoms with Gasteiger partial charge in [-0.2, -0.15) is 5.10 Å². The van der Waals surface area contributed by atoms with Crippen LogP contribution in [0.1, 0.15) is 12.8 Å². The van der Waals surface area contributed by atoms with E-state index in [1.54, 1.807) is 24.4 Å². The summed E-state index contributed by atoms with van der Waals surface area (Å²) in [4.78, 5) is 15.5. The highest BCUT2D eigenvalue weighted by Crippen LogP contribution is 2.23. The predicted molar refractivity (Wildman–Crippen MR) is 97.9 cm³/mol. The first-order valence-electron chi connectivity index (χ1n) is 9.31. The molecule has 0 amide bonds. The summed E-state index contributed by atoms with van der Waals surface area (Å²) < 4.78 is 7.37. The molecule has 0 atom stereocenters. The van der Waals surface area contributed by atoms with Crippen molar-refractivity contribution >= 4 is 16.6 Å². The zero-order valence-electron chi connectivity index (χ0n) is 14.9. The quantitative estimate of drug-likeness (QED) is 0.600. The van der Waals surface area contributed by atoms with Gasteiger partial charge in [0.25, 0.3) is 5.69 Å². The molecular weight excluding hydrogens is 334 g/mol. The third kappa shape index (κ3) is 3.87. The molecule has 0 bridgehead atoms. The molecule has 8 heteroatoms. The number of morpholine rings is 1. The molecule has 0 N–H and O–H groups in total. The fourth-order valence-corrected chi connectivity index (χ4v) is 3.95. The minimum absolute atomic E-state index is 0.112. The number of ether oxygens (including phenoxy) is 1. The summed E-state index contributed by atoms with van der Waals surface area (Å²) >= 11 is 0. The second kappa shape index (κ2) is 7.69. The summed E-state index contributed by atoms with van der Waals surface area (Å²) in [5.74, 6) is 0.765. The van der Waals surface area contributed by atoms with Crippen LogP contribution in [0.4, 0.5) is 5.69 Å². The van der Waals surface area contributed by atoms with Gasteiger partial charge in [0, 0.05) is 50.2 Å². The lowest BCUT2D eigenvalue weighted by atomic mass is 9.96. The first-order valence-corrected chi connectivity index (χ1v) is 9.31. The van der Waals surface area contributed by atoms with Crippen molar-refractivity contribution in [2.75, 3.05) is 45.9 Å². The van der Waals surface area contributed by atoms with Crippen molar-refractivity contribution in [1.82, 2.24) is 19.6 Å². The Morgan fingerprint density at radius 3 is 2.65 bits per heavy atom. The number of likely N-dealkylation sites (tertiary alicyclic amines) is 1. The van der Waals surface area contributed by atoms with Crippen LogP contribution >= 0.6 is 0 Å². The Hall–Kier alpha value is -2.03. The van der Waals surface area contributed by atoms with Crippen molar-refractivity contribution in [2.45, 2.75) is 19.5 Å². The van der Waals surface area contributed by atoms with Gasteiger partial charge in [-0.15, -0.1) is 0 Å². The molecule has 1 aromatic heterocycles. The number of nitrogens with zero attached hydrogens (tertiary/aromatic N) is 5. The van der Waals surface area contributed by atoms with Crippen LogP contribution in [0.15, 0.2) is 24.4 Å². The topological polar surface area (TPSA) is 76.7 Å². The van der Waals surface area contributed by atoms with E-state index in [-0.39, 0.29) is 10.6 Å². The van der Waals surface area contributed by atoms with E-state index >= 15 is 0 Å². The number of fused-ring (bicyclic) bond motifs is 1. The molecule has 1 aromatic carbocycles. The van der Waals surface area contributed by atoms with Crippen LogP contribution in [-0.2, 0) is 11.4 Å². The van der Waals surface area contributed by atoms with E-state index in [0.29, 0.717) is 0 Å².